The number of aliphatic hydroxyl groups is 1. The molecule has 0 aliphatic heterocycles. The number of benzene rings is 1. The van der Waals surface area contributed by atoms with Gasteiger partial charge in [0.15, 0.2) is 0 Å². The lowest BCUT2D eigenvalue weighted by Gasteiger charge is -2.13. The van der Waals surface area contributed by atoms with Gasteiger partial charge in [-0.15, -0.1) is 0 Å². The van der Waals surface area contributed by atoms with Crippen molar-refractivity contribution >= 4 is 5.97 Å². The van der Waals surface area contributed by atoms with Crippen LogP contribution in [0.3, 0.4) is 0 Å². The van der Waals surface area contributed by atoms with Gasteiger partial charge in [0.05, 0.1) is 105 Å². The van der Waals surface area contributed by atoms with E-state index in [0.717, 1.165) is 12.0 Å². The molecule has 0 heterocycles. The van der Waals surface area contributed by atoms with Crippen molar-refractivity contribution < 1.29 is 47.8 Å². The Hall–Kier alpha value is -1.63. The fourth-order valence-corrected chi connectivity index (χ4v) is 3.36. The summed E-state index contributed by atoms with van der Waals surface area (Å²) in [6.45, 7) is 12.9. The summed E-state index contributed by atoms with van der Waals surface area (Å²) in [4.78, 5) is 12.3. The summed E-state index contributed by atoms with van der Waals surface area (Å²) >= 11 is 0. The quantitative estimate of drug-likeness (QED) is 0.128. The van der Waals surface area contributed by atoms with Gasteiger partial charge in [-0.05, 0) is 30.4 Å². The lowest BCUT2D eigenvalue weighted by atomic mass is 9.97. The predicted octanol–water partition coefficient (Wildman–Crippen LogP) is 2.64. The van der Waals surface area contributed by atoms with E-state index in [9.17, 15) is 4.79 Å². The zero-order valence-corrected chi connectivity index (χ0v) is 24.1. The highest BCUT2D eigenvalue weighted by atomic mass is 16.6. The average molecular weight is 559 g/mol. The Morgan fingerprint density at radius 1 is 0.590 bits per heavy atom. The first-order valence-electron chi connectivity index (χ1n) is 13.9. The van der Waals surface area contributed by atoms with Crippen molar-refractivity contribution in [2.75, 3.05) is 106 Å². The molecule has 1 N–H and O–H groups in total. The van der Waals surface area contributed by atoms with Gasteiger partial charge in [0.25, 0.3) is 0 Å². The van der Waals surface area contributed by atoms with Crippen LogP contribution in [-0.4, -0.2) is 117 Å². The van der Waals surface area contributed by atoms with Crippen LogP contribution in [0.1, 0.15) is 37.8 Å². The van der Waals surface area contributed by atoms with Gasteiger partial charge in [0.2, 0.25) is 0 Å². The molecule has 0 fully saturated rings. The molecule has 0 saturated carbocycles. The van der Waals surface area contributed by atoms with Crippen molar-refractivity contribution in [3.63, 3.8) is 0 Å². The zero-order valence-electron chi connectivity index (χ0n) is 24.1. The van der Waals surface area contributed by atoms with Gasteiger partial charge in [0.1, 0.15) is 6.61 Å². The van der Waals surface area contributed by atoms with Gasteiger partial charge in [-0.25, -0.2) is 0 Å². The molecule has 0 bridgehead atoms. The van der Waals surface area contributed by atoms with Crippen molar-refractivity contribution in [1.29, 1.82) is 0 Å². The van der Waals surface area contributed by atoms with Gasteiger partial charge in [-0.3, -0.25) is 4.79 Å². The molecule has 1 aromatic rings. The van der Waals surface area contributed by atoms with E-state index >= 15 is 0 Å². The monoisotopic (exact) mass is 558 g/mol. The fraction of sp³-hybridized carbons (Fsp3) is 0.759. The number of aliphatic hydroxyl groups excluding tert-OH is 1. The van der Waals surface area contributed by atoms with Crippen LogP contribution in [-0.2, 0) is 49.1 Å². The summed E-state index contributed by atoms with van der Waals surface area (Å²) < 4.78 is 42.9. The Kier molecular flexibility index (Phi) is 23.0. The minimum Gasteiger partial charge on any atom is -0.463 e. The molecule has 0 radical (unpaired) electrons. The first kappa shape index (κ1) is 35.4. The average Bonchev–Trinajstić information content (AvgIpc) is 2.93. The molecule has 0 spiro atoms. The smallest absolute Gasteiger partial charge is 0.313 e. The van der Waals surface area contributed by atoms with E-state index in [1.807, 2.05) is 19.1 Å². The summed E-state index contributed by atoms with van der Waals surface area (Å²) in [5, 5.41) is 8.57. The molecule has 1 unspecified atom stereocenters. The van der Waals surface area contributed by atoms with Gasteiger partial charge in [-0.1, -0.05) is 38.1 Å². The van der Waals surface area contributed by atoms with Crippen LogP contribution in [0.15, 0.2) is 24.3 Å². The molecule has 1 aromatic carbocycles. The lowest BCUT2D eigenvalue weighted by molar-refractivity contribution is -0.146. The van der Waals surface area contributed by atoms with E-state index in [1.54, 1.807) is 0 Å². The normalized spacial score (nSPS) is 12.2. The number of ether oxygens (including phenoxy) is 8. The number of carbonyl (C=O) groups excluding carboxylic acids is 1. The first-order chi connectivity index (χ1) is 19.0. The molecule has 10 heteroatoms. The Labute approximate surface area is 234 Å². The minimum absolute atomic E-state index is 0.0231. The Morgan fingerprint density at radius 3 is 1.31 bits per heavy atom. The third-order valence-corrected chi connectivity index (χ3v) is 5.42. The number of carbonyl (C=O) groups is 1. The zero-order chi connectivity index (χ0) is 28.4. The predicted molar refractivity (Wildman–Crippen MR) is 147 cm³/mol. The molecule has 0 saturated heterocycles. The summed E-state index contributed by atoms with van der Waals surface area (Å²) in [5.74, 6) is 0.0517. The maximum atomic E-state index is 12.3. The molecule has 39 heavy (non-hydrogen) atoms. The number of hydrogen-bond acceptors (Lipinski definition) is 10. The van der Waals surface area contributed by atoms with Crippen molar-refractivity contribution in [2.45, 2.75) is 33.1 Å². The molecule has 0 aromatic heterocycles. The number of rotatable bonds is 27. The van der Waals surface area contributed by atoms with E-state index in [0.29, 0.717) is 98.4 Å². The standard InChI is InChI=1S/C29H50O10/c1-25(2)24-27-4-6-28(7-5-27)26(3)29(31)39-23-22-38-21-20-37-19-18-36-17-16-35-15-14-34-13-12-33-11-10-32-9-8-30/h4-7,25-26,30H,8-24H2,1-3H3. The highest BCUT2D eigenvalue weighted by Crippen LogP contribution is 2.18. The first-order valence-corrected chi connectivity index (χ1v) is 13.9. The van der Waals surface area contributed by atoms with Crippen molar-refractivity contribution in [3.05, 3.63) is 35.4 Å². The van der Waals surface area contributed by atoms with Gasteiger partial charge < -0.3 is 43.0 Å². The third-order valence-electron chi connectivity index (χ3n) is 5.42. The largest absolute Gasteiger partial charge is 0.463 e. The maximum absolute atomic E-state index is 12.3. The van der Waals surface area contributed by atoms with Crippen molar-refractivity contribution in [1.82, 2.24) is 0 Å². The summed E-state index contributed by atoms with van der Waals surface area (Å²) in [6, 6.07) is 8.18. The second-order valence-corrected chi connectivity index (χ2v) is 9.24. The van der Waals surface area contributed by atoms with E-state index in [-0.39, 0.29) is 25.1 Å². The summed E-state index contributed by atoms with van der Waals surface area (Å²) in [5.41, 5.74) is 2.24. The molecule has 226 valence electrons. The van der Waals surface area contributed by atoms with E-state index in [2.05, 4.69) is 26.0 Å². The molecule has 10 nitrogen and oxygen atoms in total. The molecule has 0 amide bonds. The fourth-order valence-electron chi connectivity index (χ4n) is 3.36. The van der Waals surface area contributed by atoms with Crippen LogP contribution >= 0.6 is 0 Å². The van der Waals surface area contributed by atoms with Crippen LogP contribution in [0.5, 0.6) is 0 Å². The van der Waals surface area contributed by atoms with Crippen molar-refractivity contribution in [3.8, 4) is 0 Å². The minimum atomic E-state index is -0.305. The highest BCUT2D eigenvalue weighted by Gasteiger charge is 2.16. The van der Waals surface area contributed by atoms with Crippen LogP contribution in [0.25, 0.3) is 0 Å². The van der Waals surface area contributed by atoms with Crippen molar-refractivity contribution in [2.24, 2.45) is 5.92 Å². The molecular weight excluding hydrogens is 508 g/mol. The molecule has 0 aliphatic carbocycles. The lowest BCUT2D eigenvalue weighted by Crippen LogP contribution is -2.17. The molecular formula is C29H50O10. The summed E-state index contributed by atoms with van der Waals surface area (Å²) in [7, 11) is 0. The van der Waals surface area contributed by atoms with Crippen LogP contribution in [0.4, 0.5) is 0 Å². The SMILES string of the molecule is CC(C)Cc1ccc(C(C)C(=O)OCCOCCOCCOCCOCCOCCOCCOCCO)cc1. The Bertz CT molecular complexity index is 683. The van der Waals surface area contributed by atoms with Gasteiger partial charge in [0, 0.05) is 0 Å². The topological polar surface area (TPSA) is 111 Å². The van der Waals surface area contributed by atoms with E-state index in [1.165, 1.54) is 5.56 Å². The highest BCUT2D eigenvalue weighted by molar-refractivity contribution is 5.77. The van der Waals surface area contributed by atoms with E-state index < -0.39 is 0 Å². The van der Waals surface area contributed by atoms with E-state index in [4.69, 9.17) is 43.0 Å². The van der Waals surface area contributed by atoms with Gasteiger partial charge >= 0.3 is 5.97 Å². The van der Waals surface area contributed by atoms with Crippen LogP contribution < -0.4 is 0 Å². The molecule has 0 aliphatic rings. The summed E-state index contributed by atoms with van der Waals surface area (Å²) in [6.07, 6.45) is 1.03. The maximum Gasteiger partial charge on any atom is 0.313 e. The number of hydrogen-bond donors (Lipinski definition) is 1. The second kappa shape index (κ2) is 25.3. The van der Waals surface area contributed by atoms with Gasteiger partial charge in [-0.2, -0.15) is 0 Å². The Balaban J connectivity index is 1.82. The third kappa shape index (κ3) is 20.9. The second-order valence-electron chi connectivity index (χ2n) is 9.24. The Morgan fingerprint density at radius 2 is 0.949 bits per heavy atom. The molecule has 1 atom stereocenters. The van der Waals surface area contributed by atoms with Crippen LogP contribution in [0.2, 0.25) is 0 Å². The van der Waals surface area contributed by atoms with Crippen LogP contribution in [0, 0.1) is 5.92 Å². The number of esters is 1. The molecule has 1 rings (SSSR count).